The van der Waals surface area contributed by atoms with E-state index in [1.54, 1.807) is 0 Å². The third-order valence-corrected chi connectivity index (χ3v) is 17.6. The van der Waals surface area contributed by atoms with Crippen molar-refractivity contribution < 1.29 is 8.85 Å². The Labute approximate surface area is 233 Å². The molecule has 0 N–H and O–H groups in total. The van der Waals surface area contributed by atoms with Crippen LogP contribution in [0.5, 0.6) is 0 Å². The summed E-state index contributed by atoms with van der Waals surface area (Å²) >= 11 is 0. The molecule has 204 valence electrons. The Balaban J connectivity index is 2.10. The topological polar surface area (TPSA) is 31.4 Å². The summed E-state index contributed by atoms with van der Waals surface area (Å²) in [5, 5.41) is 2.67. The molecular formula is C33H47NO2Si2. The van der Waals surface area contributed by atoms with Crippen LogP contribution < -0.4 is 10.4 Å². The summed E-state index contributed by atoms with van der Waals surface area (Å²) in [6, 6.07) is 25.9. The highest BCUT2D eigenvalue weighted by Gasteiger charge is 2.51. The average Bonchev–Trinajstić information content (AvgIpc) is 2.86. The van der Waals surface area contributed by atoms with E-state index in [2.05, 4.69) is 145 Å². The standard InChI is InChI=1S/C33H47NO2Si2/c1-27(26-28-20-23-34-24-21-28)31(22-25-35-37(8,9)32(2,3)4)36-38(33(5,6)7,29-16-12-10-13-17-29)30-18-14-11-15-19-30/h10-21,23-24,26,31H,22,25H2,1-9H3/b27-26-/t31-/m0/s1. The van der Waals surface area contributed by atoms with E-state index in [-0.39, 0.29) is 16.2 Å². The zero-order valence-electron chi connectivity index (χ0n) is 24.9. The maximum Gasteiger partial charge on any atom is 0.261 e. The summed E-state index contributed by atoms with van der Waals surface area (Å²) in [7, 11) is -4.60. The van der Waals surface area contributed by atoms with Crippen LogP contribution in [0.1, 0.15) is 60.5 Å². The van der Waals surface area contributed by atoms with Crippen molar-refractivity contribution in [3.8, 4) is 0 Å². The largest absolute Gasteiger partial charge is 0.417 e. The molecule has 0 aliphatic carbocycles. The SMILES string of the molecule is C/C(=C/c1ccncc1)[C@H](CCO[Si](C)(C)C(C)(C)C)O[Si](c1ccccc1)(c1ccccc1)C(C)(C)C. The Hall–Kier alpha value is -2.32. The molecule has 0 amide bonds. The molecule has 0 saturated heterocycles. The fourth-order valence-corrected chi connectivity index (χ4v) is 10.5. The van der Waals surface area contributed by atoms with Gasteiger partial charge in [-0.25, -0.2) is 0 Å². The highest BCUT2D eigenvalue weighted by Crippen LogP contribution is 2.40. The molecule has 0 aliphatic rings. The molecule has 5 heteroatoms. The zero-order valence-corrected chi connectivity index (χ0v) is 26.9. The number of hydrogen-bond donors (Lipinski definition) is 0. The molecule has 0 saturated carbocycles. The molecule has 3 nitrogen and oxygen atoms in total. The number of benzene rings is 2. The predicted octanol–water partition coefficient (Wildman–Crippen LogP) is 7.84. The maximum atomic E-state index is 7.60. The van der Waals surface area contributed by atoms with Gasteiger partial charge < -0.3 is 8.85 Å². The van der Waals surface area contributed by atoms with Gasteiger partial charge in [0.1, 0.15) is 0 Å². The number of aromatic nitrogens is 1. The second kappa shape index (κ2) is 12.2. The van der Waals surface area contributed by atoms with Gasteiger partial charge in [0.05, 0.1) is 6.10 Å². The molecule has 38 heavy (non-hydrogen) atoms. The minimum Gasteiger partial charge on any atom is -0.417 e. The van der Waals surface area contributed by atoms with Gasteiger partial charge in [-0.15, -0.1) is 0 Å². The summed E-state index contributed by atoms with van der Waals surface area (Å²) in [5.41, 5.74) is 2.35. The lowest BCUT2D eigenvalue weighted by Crippen LogP contribution is -2.67. The van der Waals surface area contributed by atoms with E-state index < -0.39 is 16.6 Å². The van der Waals surface area contributed by atoms with E-state index in [4.69, 9.17) is 8.85 Å². The molecule has 0 fully saturated rings. The highest BCUT2D eigenvalue weighted by molar-refractivity contribution is 6.99. The third-order valence-electron chi connectivity index (χ3n) is 7.99. The molecule has 0 spiro atoms. The van der Waals surface area contributed by atoms with Crippen LogP contribution in [-0.2, 0) is 8.85 Å². The summed E-state index contributed by atoms with van der Waals surface area (Å²) < 4.78 is 14.3. The van der Waals surface area contributed by atoms with Crippen molar-refractivity contribution >= 4 is 33.1 Å². The number of hydrogen-bond acceptors (Lipinski definition) is 3. The maximum absolute atomic E-state index is 7.60. The molecule has 0 aliphatic heterocycles. The Kier molecular flexibility index (Phi) is 9.74. The zero-order chi connectivity index (χ0) is 28.0. The molecule has 1 aromatic heterocycles. The van der Waals surface area contributed by atoms with Crippen molar-refractivity contribution in [3.05, 3.63) is 96.3 Å². The first kappa shape index (κ1) is 30.2. The second-order valence-corrected chi connectivity index (χ2v) is 21.9. The van der Waals surface area contributed by atoms with E-state index in [1.807, 2.05) is 12.4 Å². The average molecular weight is 546 g/mol. The monoisotopic (exact) mass is 545 g/mol. The number of pyridine rings is 1. The molecule has 1 heterocycles. The van der Waals surface area contributed by atoms with Gasteiger partial charge in [0.15, 0.2) is 8.32 Å². The second-order valence-electron chi connectivity index (χ2n) is 12.8. The molecular weight excluding hydrogens is 499 g/mol. The van der Waals surface area contributed by atoms with E-state index in [9.17, 15) is 0 Å². The van der Waals surface area contributed by atoms with Crippen LogP contribution >= 0.6 is 0 Å². The minimum absolute atomic E-state index is 0.0840. The first-order valence-electron chi connectivity index (χ1n) is 13.8. The van der Waals surface area contributed by atoms with Gasteiger partial charge in [-0.3, -0.25) is 4.98 Å². The lowest BCUT2D eigenvalue weighted by atomic mass is 10.1. The van der Waals surface area contributed by atoms with Gasteiger partial charge in [-0.1, -0.05) is 108 Å². The quantitative estimate of drug-likeness (QED) is 0.243. The van der Waals surface area contributed by atoms with Crippen LogP contribution in [0.4, 0.5) is 0 Å². The molecule has 1 atom stereocenters. The van der Waals surface area contributed by atoms with Crippen molar-refractivity contribution in [2.45, 2.75) is 84.2 Å². The van der Waals surface area contributed by atoms with Gasteiger partial charge in [0.25, 0.3) is 8.32 Å². The molecule has 0 unspecified atom stereocenters. The van der Waals surface area contributed by atoms with Crippen molar-refractivity contribution in [2.75, 3.05) is 6.61 Å². The number of rotatable bonds is 10. The molecule has 0 bridgehead atoms. The van der Waals surface area contributed by atoms with Crippen molar-refractivity contribution in [3.63, 3.8) is 0 Å². The van der Waals surface area contributed by atoms with Gasteiger partial charge in [-0.05, 0) is 70.2 Å². The number of nitrogens with zero attached hydrogens (tertiary/aromatic N) is 1. The highest BCUT2D eigenvalue weighted by atomic mass is 28.4. The lowest BCUT2D eigenvalue weighted by molar-refractivity contribution is 0.173. The Bertz CT molecular complexity index is 1120. The van der Waals surface area contributed by atoms with E-state index in [0.29, 0.717) is 6.61 Å². The molecule has 3 rings (SSSR count). The summed E-state index contributed by atoms with van der Waals surface area (Å²) in [6.45, 7) is 21.4. The minimum atomic E-state index is -2.72. The first-order chi connectivity index (χ1) is 17.8. The van der Waals surface area contributed by atoms with Crippen LogP contribution in [0.2, 0.25) is 23.2 Å². The van der Waals surface area contributed by atoms with E-state index in [1.165, 1.54) is 15.9 Å². The van der Waals surface area contributed by atoms with E-state index >= 15 is 0 Å². The summed E-state index contributed by atoms with van der Waals surface area (Å²) in [5.74, 6) is 0. The fourth-order valence-electron chi connectivity index (χ4n) is 4.74. The van der Waals surface area contributed by atoms with Gasteiger partial charge in [0.2, 0.25) is 0 Å². The smallest absolute Gasteiger partial charge is 0.261 e. The van der Waals surface area contributed by atoms with E-state index in [0.717, 1.165) is 12.0 Å². The predicted molar refractivity (Wildman–Crippen MR) is 168 cm³/mol. The van der Waals surface area contributed by atoms with Crippen LogP contribution in [0.3, 0.4) is 0 Å². The molecule has 3 aromatic rings. The van der Waals surface area contributed by atoms with Gasteiger partial charge >= 0.3 is 0 Å². The summed E-state index contributed by atoms with van der Waals surface area (Å²) in [4.78, 5) is 4.20. The fraction of sp³-hybridized carbons (Fsp3) is 0.424. The Morgan fingerprint density at radius 2 is 1.29 bits per heavy atom. The molecule has 2 aromatic carbocycles. The Morgan fingerprint density at radius 3 is 1.74 bits per heavy atom. The van der Waals surface area contributed by atoms with Crippen LogP contribution in [-0.4, -0.2) is 34.3 Å². The van der Waals surface area contributed by atoms with Gasteiger partial charge in [0, 0.05) is 19.0 Å². The first-order valence-corrected chi connectivity index (χ1v) is 18.6. The van der Waals surface area contributed by atoms with Crippen molar-refractivity contribution in [2.24, 2.45) is 0 Å². The normalized spacial score (nSPS) is 14.4. The van der Waals surface area contributed by atoms with Gasteiger partial charge in [-0.2, -0.15) is 0 Å². The summed E-state index contributed by atoms with van der Waals surface area (Å²) in [6.07, 6.45) is 6.66. The lowest BCUT2D eigenvalue weighted by Gasteiger charge is -2.45. The Morgan fingerprint density at radius 1 is 0.789 bits per heavy atom. The van der Waals surface area contributed by atoms with Crippen LogP contribution in [0, 0.1) is 0 Å². The third kappa shape index (κ3) is 7.00. The van der Waals surface area contributed by atoms with Crippen LogP contribution in [0.25, 0.3) is 6.08 Å². The van der Waals surface area contributed by atoms with Crippen LogP contribution in [0.15, 0.2) is 90.8 Å². The molecule has 0 radical (unpaired) electrons. The van der Waals surface area contributed by atoms with Crippen molar-refractivity contribution in [1.29, 1.82) is 0 Å². The van der Waals surface area contributed by atoms with Crippen molar-refractivity contribution in [1.82, 2.24) is 4.98 Å².